The Labute approximate surface area is 162 Å². The molecule has 0 aliphatic carbocycles. The third-order valence-corrected chi connectivity index (χ3v) is 7.00. The van der Waals surface area contributed by atoms with E-state index < -0.39 is 15.6 Å². The van der Waals surface area contributed by atoms with Crippen molar-refractivity contribution in [2.24, 2.45) is 0 Å². The van der Waals surface area contributed by atoms with Crippen molar-refractivity contribution in [2.75, 3.05) is 33.7 Å². The van der Waals surface area contributed by atoms with Crippen LogP contribution in [-0.2, 0) is 10.0 Å². The molecule has 1 heterocycles. The van der Waals surface area contributed by atoms with E-state index in [4.69, 9.17) is 0 Å². The molecule has 0 bridgehead atoms. The molecule has 2 aromatic rings. The summed E-state index contributed by atoms with van der Waals surface area (Å²) in [6, 6.07) is 16.9. The van der Waals surface area contributed by atoms with Crippen molar-refractivity contribution in [2.45, 2.75) is 29.8 Å². The van der Waals surface area contributed by atoms with Crippen LogP contribution >= 0.6 is 0 Å². The van der Waals surface area contributed by atoms with Gasteiger partial charge in [0.2, 0.25) is 10.0 Å². The van der Waals surface area contributed by atoms with E-state index in [1.807, 2.05) is 61.5 Å². The van der Waals surface area contributed by atoms with Crippen LogP contribution in [0.2, 0.25) is 0 Å². The number of benzene rings is 2. The van der Waals surface area contributed by atoms with Gasteiger partial charge in [-0.1, -0.05) is 42.5 Å². The Morgan fingerprint density at radius 3 is 2.22 bits per heavy atom. The fraction of sp³-hybridized carbons (Fsp3) is 0.429. The van der Waals surface area contributed by atoms with Crippen LogP contribution in [0.1, 0.15) is 19.3 Å². The summed E-state index contributed by atoms with van der Waals surface area (Å²) < 4.78 is 27.6. The Bertz CT molecular complexity index is 851. The minimum atomic E-state index is -3.55. The average Bonchev–Trinajstić information content (AvgIpc) is 2.84. The SMILES string of the molecule is CN(C)CC1(O)CCCN(S(=O)(=O)c2ccc(-c3ccccc3)cc2)CC1. The summed E-state index contributed by atoms with van der Waals surface area (Å²) in [5, 5.41) is 10.8. The molecule has 3 rings (SSSR count). The topological polar surface area (TPSA) is 60.9 Å². The summed E-state index contributed by atoms with van der Waals surface area (Å²) in [7, 11) is 0.290. The van der Waals surface area contributed by atoms with Gasteiger partial charge in [-0.25, -0.2) is 8.42 Å². The lowest BCUT2D eigenvalue weighted by molar-refractivity contribution is 0.00405. The quantitative estimate of drug-likeness (QED) is 0.856. The fourth-order valence-electron chi connectivity index (χ4n) is 3.74. The minimum absolute atomic E-state index is 0.306. The van der Waals surface area contributed by atoms with Crippen molar-refractivity contribution < 1.29 is 13.5 Å². The van der Waals surface area contributed by atoms with E-state index in [0.717, 1.165) is 11.1 Å². The molecule has 27 heavy (non-hydrogen) atoms. The van der Waals surface area contributed by atoms with Gasteiger partial charge in [-0.05, 0) is 56.6 Å². The highest BCUT2D eigenvalue weighted by Gasteiger charge is 2.34. The second kappa shape index (κ2) is 8.10. The molecule has 2 aromatic carbocycles. The number of hydrogen-bond donors (Lipinski definition) is 1. The maximum absolute atomic E-state index is 13.1. The largest absolute Gasteiger partial charge is 0.389 e. The molecular formula is C21H28N2O3S. The van der Waals surface area contributed by atoms with Crippen LogP contribution in [0.25, 0.3) is 11.1 Å². The molecule has 146 valence electrons. The van der Waals surface area contributed by atoms with Crippen LogP contribution in [0.5, 0.6) is 0 Å². The Morgan fingerprint density at radius 1 is 0.963 bits per heavy atom. The molecule has 0 aromatic heterocycles. The maximum Gasteiger partial charge on any atom is 0.243 e. The van der Waals surface area contributed by atoms with Crippen molar-refractivity contribution in [1.82, 2.24) is 9.21 Å². The van der Waals surface area contributed by atoms with Crippen molar-refractivity contribution in [3.8, 4) is 11.1 Å². The predicted octanol–water partition coefficient (Wildman–Crippen LogP) is 2.82. The third-order valence-electron chi connectivity index (χ3n) is 5.09. The van der Waals surface area contributed by atoms with E-state index in [-0.39, 0.29) is 0 Å². The van der Waals surface area contributed by atoms with Gasteiger partial charge in [0.05, 0.1) is 10.5 Å². The second-order valence-corrected chi connectivity index (χ2v) is 9.55. The van der Waals surface area contributed by atoms with Gasteiger partial charge in [-0.15, -0.1) is 0 Å². The van der Waals surface area contributed by atoms with Crippen molar-refractivity contribution in [1.29, 1.82) is 0 Å². The zero-order valence-corrected chi connectivity index (χ0v) is 16.8. The van der Waals surface area contributed by atoms with Crippen LogP contribution in [0.15, 0.2) is 59.5 Å². The molecule has 0 amide bonds. The van der Waals surface area contributed by atoms with E-state index in [1.54, 1.807) is 12.1 Å². The van der Waals surface area contributed by atoms with E-state index in [1.165, 1.54) is 4.31 Å². The number of sulfonamides is 1. The van der Waals surface area contributed by atoms with Gasteiger partial charge in [0.1, 0.15) is 0 Å². The van der Waals surface area contributed by atoms with E-state index in [0.29, 0.717) is 43.8 Å². The summed E-state index contributed by atoms with van der Waals surface area (Å²) in [5.41, 5.74) is 1.22. The van der Waals surface area contributed by atoms with Gasteiger partial charge in [-0.3, -0.25) is 0 Å². The second-order valence-electron chi connectivity index (χ2n) is 7.61. The Kier molecular flexibility index (Phi) is 6.01. The van der Waals surface area contributed by atoms with Gasteiger partial charge in [0.25, 0.3) is 0 Å². The zero-order chi connectivity index (χ0) is 19.5. The third kappa shape index (κ3) is 4.76. The normalized spacial score (nSPS) is 21.9. The Hall–Kier alpha value is -1.73. The van der Waals surface area contributed by atoms with Crippen molar-refractivity contribution in [3.63, 3.8) is 0 Å². The lowest BCUT2D eigenvalue weighted by atomic mass is 9.94. The van der Waals surface area contributed by atoms with Crippen LogP contribution in [0.4, 0.5) is 0 Å². The zero-order valence-electron chi connectivity index (χ0n) is 16.0. The van der Waals surface area contributed by atoms with Crippen molar-refractivity contribution >= 4 is 10.0 Å². The first-order valence-corrected chi connectivity index (χ1v) is 10.8. The first-order chi connectivity index (χ1) is 12.8. The molecule has 1 atom stereocenters. The summed E-state index contributed by atoms with van der Waals surface area (Å²) >= 11 is 0. The minimum Gasteiger partial charge on any atom is -0.389 e. The van der Waals surface area contributed by atoms with E-state index in [9.17, 15) is 13.5 Å². The smallest absolute Gasteiger partial charge is 0.243 e. The lowest BCUT2D eigenvalue weighted by Gasteiger charge is -2.29. The van der Waals surface area contributed by atoms with Crippen LogP contribution in [0, 0.1) is 0 Å². The molecular weight excluding hydrogens is 360 g/mol. The van der Waals surface area contributed by atoms with E-state index >= 15 is 0 Å². The van der Waals surface area contributed by atoms with Crippen molar-refractivity contribution in [3.05, 3.63) is 54.6 Å². The first kappa shape index (κ1) is 20.0. The van der Waals surface area contributed by atoms with Gasteiger partial charge in [0, 0.05) is 19.6 Å². The summed E-state index contributed by atoms with van der Waals surface area (Å²) in [6.07, 6.45) is 1.72. The fourth-order valence-corrected chi connectivity index (χ4v) is 5.22. The molecule has 0 saturated carbocycles. The lowest BCUT2D eigenvalue weighted by Crippen LogP contribution is -2.41. The highest BCUT2D eigenvalue weighted by Crippen LogP contribution is 2.28. The van der Waals surface area contributed by atoms with Crippen LogP contribution in [-0.4, -0.2) is 62.1 Å². The highest BCUT2D eigenvalue weighted by molar-refractivity contribution is 7.89. The molecule has 5 nitrogen and oxygen atoms in total. The van der Waals surface area contributed by atoms with Crippen LogP contribution in [0.3, 0.4) is 0 Å². The molecule has 1 unspecified atom stereocenters. The molecule has 1 aliphatic heterocycles. The summed E-state index contributed by atoms with van der Waals surface area (Å²) in [6.45, 7) is 1.33. The summed E-state index contributed by atoms with van der Waals surface area (Å²) in [5.74, 6) is 0. The molecule has 0 radical (unpaired) electrons. The van der Waals surface area contributed by atoms with Gasteiger partial charge < -0.3 is 10.0 Å². The van der Waals surface area contributed by atoms with Gasteiger partial charge in [-0.2, -0.15) is 4.31 Å². The molecule has 6 heteroatoms. The molecule has 1 saturated heterocycles. The van der Waals surface area contributed by atoms with Crippen LogP contribution < -0.4 is 0 Å². The molecule has 1 fully saturated rings. The molecule has 1 N–H and O–H groups in total. The number of rotatable bonds is 5. The summed E-state index contributed by atoms with van der Waals surface area (Å²) in [4.78, 5) is 2.26. The number of nitrogens with zero attached hydrogens (tertiary/aromatic N) is 2. The standard InChI is InChI=1S/C21H28N2O3S/c1-22(2)17-21(24)13-6-15-23(16-14-21)27(25,26)20-11-9-19(10-12-20)18-7-4-3-5-8-18/h3-5,7-12,24H,6,13-17H2,1-2H3. The highest BCUT2D eigenvalue weighted by atomic mass is 32.2. The monoisotopic (exact) mass is 388 g/mol. The maximum atomic E-state index is 13.1. The first-order valence-electron chi connectivity index (χ1n) is 9.33. The number of aliphatic hydroxyl groups is 1. The van der Waals surface area contributed by atoms with Gasteiger partial charge in [0.15, 0.2) is 0 Å². The Morgan fingerprint density at radius 2 is 1.59 bits per heavy atom. The van der Waals surface area contributed by atoms with Gasteiger partial charge >= 0.3 is 0 Å². The number of hydrogen-bond acceptors (Lipinski definition) is 4. The number of likely N-dealkylation sites (N-methyl/N-ethyl adjacent to an activating group) is 1. The molecule has 1 aliphatic rings. The predicted molar refractivity (Wildman–Crippen MR) is 108 cm³/mol. The average molecular weight is 389 g/mol. The molecule has 0 spiro atoms. The Balaban J connectivity index is 1.76. The van der Waals surface area contributed by atoms with E-state index in [2.05, 4.69) is 0 Å².